The van der Waals surface area contributed by atoms with Crippen molar-refractivity contribution < 1.29 is 0 Å². The summed E-state index contributed by atoms with van der Waals surface area (Å²) in [6.45, 7) is 0. The zero-order chi connectivity index (χ0) is 92.3. The summed E-state index contributed by atoms with van der Waals surface area (Å²) in [5.41, 5.74) is 28.1. The van der Waals surface area contributed by atoms with Crippen molar-refractivity contribution in [3.63, 3.8) is 0 Å². The van der Waals surface area contributed by atoms with Crippen molar-refractivity contribution in [2.75, 3.05) is 19.6 Å². The molecule has 0 atom stereocenters. The van der Waals surface area contributed by atoms with Gasteiger partial charge in [-0.25, -0.2) is 0 Å². The van der Waals surface area contributed by atoms with Gasteiger partial charge in [0, 0.05) is 67.6 Å². The van der Waals surface area contributed by atoms with E-state index in [0.717, 1.165) is 79.4 Å². The van der Waals surface area contributed by atoms with Crippen molar-refractivity contribution in [1.29, 1.82) is 0 Å². The number of anilines is 12. The molecule has 0 saturated carbocycles. The highest BCUT2D eigenvalue weighted by Gasteiger charge is 2.22. The van der Waals surface area contributed by atoms with E-state index >= 15 is 0 Å². The Balaban J connectivity index is 0.000000128. The molecule has 0 aliphatic heterocycles. The van der Waals surface area contributed by atoms with Gasteiger partial charge in [-0.3, -0.25) is 0 Å². The van der Waals surface area contributed by atoms with Gasteiger partial charge in [0.2, 0.25) is 0 Å². The van der Waals surface area contributed by atoms with E-state index in [0.29, 0.717) is 0 Å². The van der Waals surface area contributed by atoms with E-state index in [1.165, 1.54) is 120 Å². The molecule has 23 aromatic rings. The van der Waals surface area contributed by atoms with Crippen molar-refractivity contribution >= 4 is 174 Å². The fourth-order valence-electron chi connectivity index (χ4n) is 18.5. The molecular formula is C130H95BN5P. The Morgan fingerprint density at radius 3 is 0.635 bits per heavy atom. The molecular weight excluding hydrogens is 1670 g/mol. The van der Waals surface area contributed by atoms with Crippen LogP contribution in [-0.4, -0.2) is 7.98 Å². The van der Waals surface area contributed by atoms with Crippen LogP contribution in [-0.2, 0) is 0 Å². The fourth-order valence-corrected chi connectivity index (χ4v) is 18.5. The smallest absolute Gasteiger partial charge is 0.265 e. The largest absolute Gasteiger partial charge is 0.344 e. The number of para-hydroxylation sites is 6. The number of benzene rings is 23. The summed E-state index contributed by atoms with van der Waals surface area (Å²) in [6, 6.07) is 195. The standard InChI is InChI=1S/C52H40N2.C44H32N2.C34H22.BHNP/c1-5-13-47(14-6-1)53(48-15-7-2-8-16-48)51-37-29-43(30-38-51)23-21-41-25-33-45(34-26-41)46-35-27-42(28-36-46)22-24-44-31-39-52(40-32-44)54(49-17-9-3-10-18-49)50-19-11-4-12-20-50;1-3-17-37(18-4-1)45(43-23-11-15-35-13-7-9-21-41(35)43)39-29-25-33(26-30-39)34-27-31-40(32-28-34)46(38-19-5-2-6-20-38)44-24-12-16-36-14-8-10-22-42(36)44;1-3-11-25-21-27(19-17-23(25)9-1)33-29-13-5-7-15-31(29)34(32-16-8-6-14-30(32)33)28-20-18-24-10-2-4-12-26(24)22-28;1-2-3/h1-40H;1-32H;1-22H;3H/b23-21+,24-22+;;;. The normalized spacial score (nSPS) is 11.1. The zero-order valence-corrected chi connectivity index (χ0v) is 76.6. The van der Waals surface area contributed by atoms with Gasteiger partial charge in [0.15, 0.2) is 0 Å². The van der Waals surface area contributed by atoms with Crippen LogP contribution in [0, 0.1) is 0 Å². The Hall–Kier alpha value is -17.5. The van der Waals surface area contributed by atoms with E-state index in [-0.39, 0.29) is 0 Å². The number of rotatable bonds is 20. The summed E-state index contributed by atoms with van der Waals surface area (Å²) in [7, 11) is 6.97. The maximum Gasteiger partial charge on any atom is 0.265 e. The molecule has 137 heavy (non-hydrogen) atoms. The maximum absolute atomic E-state index is 4.39. The molecule has 7 heteroatoms. The third-order valence-electron chi connectivity index (χ3n) is 25.1. The first-order chi connectivity index (χ1) is 67.9. The van der Waals surface area contributed by atoms with Crippen LogP contribution in [0.5, 0.6) is 0 Å². The molecule has 5 nitrogen and oxygen atoms in total. The zero-order valence-electron chi connectivity index (χ0n) is 75.6. The van der Waals surface area contributed by atoms with E-state index in [4.69, 9.17) is 0 Å². The Morgan fingerprint density at radius 1 is 0.161 bits per heavy atom. The van der Waals surface area contributed by atoms with Crippen molar-refractivity contribution in [2.24, 2.45) is 4.66 Å². The third-order valence-corrected chi connectivity index (χ3v) is 25.1. The van der Waals surface area contributed by atoms with Gasteiger partial charge < -0.3 is 24.3 Å². The Kier molecular flexibility index (Phi) is 26.8. The highest BCUT2D eigenvalue weighted by molar-refractivity contribution is 7.05. The average Bonchev–Trinajstić information content (AvgIpc) is 0.724. The minimum atomic E-state index is 1.12. The molecule has 0 heterocycles. The summed E-state index contributed by atoms with van der Waals surface area (Å²) in [4.78, 5) is 9.25. The predicted molar refractivity (Wildman–Crippen MR) is 592 cm³/mol. The van der Waals surface area contributed by atoms with Gasteiger partial charge in [-0.2, -0.15) is 0 Å². The van der Waals surface area contributed by atoms with Gasteiger partial charge in [0.1, 0.15) is 0 Å². The van der Waals surface area contributed by atoms with E-state index in [2.05, 4.69) is 612 Å². The topological polar surface area (TPSA) is 25.3 Å². The second-order valence-corrected chi connectivity index (χ2v) is 33.9. The molecule has 0 aliphatic rings. The highest BCUT2D eigenvalue weighted by atomic mass is 31.0. The van der Waals surface area contributed by atoms with Crippen LogP contribution in [0.15, 0.2) is 551 Å². The lowest BCUT2D eigenvalue weighted by Crippen LogP contribution is -2.10. The van der Waals surface area contributed by atoms with Crippen molar-refractivity contribution in [3.05, 3.63) is 568 Å². The quantitative estimate of drug-likeness (QED) is 0.0329. The first kappa shape index (κ1) is 87.4. The lowest BCUT2D eigenvalue weighted by Gasteiger charge is -2.27. The fraction of sp³-hybridized carbons (Fsp3) is 0. The maximum atomic E-state index is 4.39. The number of hydrogen-bond donors (Lipinski definition) is 0. The third kappa shape index (κ3) is 19.9. The second-order valence-electron chi connectivity index (χ2n) is 33.6. The molecule has 23 aromatic carbocycles. The van der Waals surface area contributed by atoms with E-state index < -0.39 is 0 Å². The monoisotopic (exact) mass is 1770 g/mol. The molecule has 23 rings (SSSR count). The van der Waals surface area contributed by atoms with E-state index in [1.54, 1.807) is 0 Å². The van der Waals surface area contributed by atoms with Crippen molar-refractivity contribution in [1.82, 2.24) is 0 Å². The molecule has 2 radical (unpaired) electrons. The number of hydrogen-bond acceptors (Lipinski definition) is 5. The number of fused-ring (bicyclic) bond motifs is 6. The van der Waals surface area contributed by atoms with Crippen LogP contribution in [0.3, 0.4) is 0 Å². The van der Waals surface area contributed by atoms with Crippen molar-refractivity contribution in [3.8, 4) is 44.5 Å². The minimum Gasteiger partial charge on any atom is -0.344 e. The molecule has 0 aromatic heterocycles. The van der Waals surface area contributed by atoms with Gasteiger partial charge >= 0.3 is 0 Å². The predicted octanol–water partition coefficient (Wildman–Crippen LogP) is 37.3. The highest BCUT2D eigenvalue weighted by Crippen LogP contribution is 2.48. The SMILES string of the molecule is C(=C\c1ccc(N(c2ccccc2)c2ccccc2)cc1)/c1ccc(-c2ccc(/C=C/c3ccc(N(c4ccccc4)c4ccccc4)cc3)cc2)cc1.[B]N=P.c1ccc(N(c2ccc(-c3ccc(N(c4ccccc4)c4cccc5ccccc45)cc3)cc2)c2cccc3ccccc23)cc1.c1ccc2cc(-c3c4ccccc4c(-c4ccc5ccccc5c4)c4ccccc34)ccc2c1. The lowest BCUT2D eigenvalue weighted by molar-refractivity contribution is 1.28. The molecule has 0 N–H and O–H groups in total. The number of nitrogens with zero attached hydrogens (tertiary/aromatic N) is 5. The Bertz CT molecular complexity index is 7490. The van der Waals surface area contributed by atoms with Crippen LogP contribution in [0.4, 0.5) is 68.2 Å². The summed E-state index contributed by atoms with van der Waals surface area (Å²) in [5.74, 6) is 0. The summed E-state index contributed by atoms with van der Waals surface area (Å²) in [5, 5.41) is 15.2. The van der Waals surface area contributed by atoms with Crippen LogP contribution in [0.1, 0.15) is 22.3 Å². The summed E-state index contributed by atoms with van der Waals surface area (Å²) in [6.07, 6.45) is 8.69. The van der Waals surface area contributed by atoms with Gasteiger partial charge in [0.05, 0.1) is 11.4 Å². The van der Waals surface area contributed by atoms with Gasteiger partial charge in [-0.15, -0.1) is 0 Å². The molecule has 0 saturated heterocycles. The molecule has 0 fully saturated rings. The summed E-state index contributed by atoms with van der Waals surface area (Å²) >= 11 is 0. The molecule has 0 spiro atoms. The molecule has 0 amide bonds. The average molecular weight is 1770 g/mol. The molecule has 0 bridgehead atoms. The lowest BCUT2D eigenvalue weighted by atomic mass is 9.85. The van der Waals surface area contributed by atoms with E-state index in [9.17, 15) is 0 Å². The Morgan fingerprint density at radius 2 is 0.350 bits per heavy atom. The van der Waals surface area contributed by atoms with Crippen LogP contribution < -0.4 is 19.6 Å². The van der Waals surface area contributed by atoms with Crippen molar-refractivity contribution in [2.45, 2.75) is 0 Å². The first-order valence-electron chi connectivity index (χ1n) is 46.3. The van der Waals surface area contributed by atoms with E-state index in [1.807, 2.05) is 0 Å². The van der Waals surface area contributed by atoms with Gasteiger partial charge in [0.25, 0.3) is 7.98 Å². The first-order valence-corrected chi connectivity index (χ1v) is 46.8. The van der Waals surface area contributed by atoms with Crippen LogP contribution in [0.25, 0.3) is 133 Å². The second kappa shape index (κ2) is 41.9. The molecule has 648 valence electrons. The molecule has 0 unspecified atom stereocenters. The van der Waals surface area contributed by atoms with Gasteiger partial charge in [-0.05, 0) is 275 Å². The van der Waals surface area contributed by atoms with Gasteiger partial charge in [-0.1, -0.05) is 425 Å². The minimum absolute atomic E-state index is 1.12. The summed E-state index contributed by atoms with van der Waals surface area (Å²) < 4.78 is 2.81. The Labute approximate surface area is 805 Å². The molecule has 0 aliphatic carbocycles. The van der Waals surface area contributed by atoms with Crippen LogP contribution >= 0.6 is 9.03 Å². The van der Waals surface area contributed by atoms with Crippen LogP contribution in [0.2, 0.25) is 0 Å².